The van der Waals surface area contributed by atoms with Crippen LogP contribution < -0.4 is 29.7 Å². The average molecular weight is 889 g/mol. The van der Waals surface area contributed by atoms with Gasteiger partial charge >= 0.3 is 0 Å². The average Bonchev–Trinajstić information content (AvgIpc) is 3.63. The predicted molar refractivity (Wildman–Crippen MR) is 250 cm³/mol. The third kappa shape index (κ3) is 9.98. The van der Waals surface area contributed by atoms with E-state index in [2.05, 4.69) is 50.8 Å². The molecule has 3 saturated heterocycles. The second-order valence-electron chi connectivity index (χ2n) is 17.4. The summed E-state index contributed by atoms with van der Waals surface area (Å²) in [5.74, 6) is 2.94. The van der Waals surface area contributed by atoms with Gasteiger partial charge in [-0.15, -0.1) is 0 Å². The highest BCUT2D eigenvalue weighted by atomic mass is 32.2. The lowest BCUT2D eigenvalue weighted by atomic mass is 9.78. The maximum Gasteiger partial charge on any atom is 0.255 e. The van der Waals surface area contributed by atoms with E-state index in [1.165, 1.54) is 18.4 Å². The molecule has 64 heavy (non-hydrogen) atoms. The molecule has 0 saturated carbocycles. The van der Waals surface area contributed by atoms with Gasteiger partial charge in [-0.05, 0) is 129 Å². The van der Waals surface area contributed by atoms with Crippen molar-refractivity contribution >= 4 is 45.6 Å². The molecular weight excluding hydrogens is 829 g/mol. The standard InChI is InChI=1S/C50H60N6O7S/c1-5-62-46-26-35(9-16-45(46)61-3)44(31-64(4)60)56-30-36-8-10-37(27-42(36)50(56)59)55-24-20-34(21-25-55)33-18-22-54(23-19-33)29-32-6-11-38(12-7-32)63-39-13-14-40(43(28-39)52-2)48(51)41-15-17-47(57)53-49(41)58/h6-14,16,26-28,33-34,41,44,51-52H,5,15,17-25,29-31H2,1-4H3,(H,53,57,58). The minimum Gasteiger partial charge on any atom is -0.493 e. The van der Waals surface area contributed by atoms with Crippen LogP contribution in [0.4, 0.5) is 11.4 Å². The van der Waals surface area contributed by atoms with E-state index in [-0.39, 0.29) is 30.0 Å². The minimum absolute atomic E-state index is 0.0223. The van der Waals surface area contributed by atoms with Crippen LogP contribution in [-0.2, 0) is 33.5 Å². The molecule has 3 amide bonds. The monoisotopic (exact) mass is 888 g/mol. The number of ether oxygens (including phenoxy) is 3. The van der Waals surface area contributed by atoms with Crippen LogP contribution in [0, 0.1) is 23.2 Å². The number of hydrogen-bond donors (Lipinski definition) is 3. The molecule has 0 bridgehead atoms. The number of benzene rings is 4. The number of rotatable bonds is 16. The highest BCUT2D eigenvalue weighted by Gasteiger charge is 2.36. The Kier molecular flexibility index (Phi) is 14.0. The van der Waals surface area contributed by atoms with E-state index in [4.69, 9.17) is 19.6 Å². The first-order valence-electron chi connectivity index (χ1n) is 22.5. The first-order chi connectivity index (χ1) is 31.0. The second kappa shape index (κ2) is 20.0. The van der Waals surface area contributed by atoms with Gasteiger partial charge in [0.05, 0.1) is 31.4 Å². The smallest absolute Gasteiger partial charge is 0.255 e. The fourth-order valence-corrected chi connectivity index (χ4v) is 10.8. The van der Waals surface area contributed by atoms with Gasteiger partial charge in [0, 0.05) is 91.0 Å². The summed E-state index contributed by atoms with van der Waals surface area (Å²) in [5.41, 5.74) is 6.44. The Balaban J connectivity index is 0.807. The molecule has 3 atom stereocenters. The Bertz CT molecular complexity index is 2390. The number of hydrogen-bond acceptors (Lipinski definition) is 11. The van der Waals surface area contributed by atoms with E-state index in [1.54, 1.807) is 32.5 Å². The zero-order valence-electron chi connectivity index (χ0n) is 37.3. The van der Waals surface area contributed by atoms with Crippen molar-refractivity contribution in [3.05, 3.63) is 107 Å². The molecule has 4 aromatic carbocycles. The lowest BCUT2D eigenvalue weighted by molar-refractivity contribution is -0.134. The number of methoxy groups -OCH3 is 1. The van der Waals surface area contributed by atoms with Crippen molar-refractivity contribution in [1.82, 2.24) is 15.1 Å². The van der Waals surface area contributed by atoms with Gasteiger partial charge in [0.25, 0.3) is 5.91 Å². The van der Waals surface area contributed by atoms with Gasteiger partial charge in [0.2, 0.25) is 11.8 Å². The Morgan fingerprint density at radius 3 is 2.27 bits per heavy atom. The maximum absolute atomic E-state index is 14.1. The summed E-state index contributed by atoms with van der Waals surface area (Å²) >= 11 is 0. The van der Waals surface area contributed by atoms with Crippen molar-refractivity contribution in [2.75, 3.05) is 69.2 Å². The highest BCUT2D eigenvalue weighted by molar-refractivity contribution is 7.84. The van der Waals surface area contributed by atoms with Crippen LogP contribution in [0.25, 0.3) is 0 Å². The normalized spacial score (nSPS) is 19.5. The zero-order valence-corrected chi connectivity index (χ0v) is 38.1. The molecule has 3 unspecified atom stereocenters. The molecule has 8 rings (SSSR count). The summed E-state index contributed by atoms with van der Waals surface area (Å²) < 4.78 is 30.1. The van der Waals surface area contributed by atoms with E-state index < -0.39 is 22.6 Å². The number of carbonyl (C=O) groups excluding carboxylic acids is 3. The second-order valence-corrected chi connectivity index (χ2v) is 18.9. The van der Waals surface area contributed by atoms with E-state index in [9.17, 15) is 18.6 Å². The van der Waals surface area contributed by atoms with Crippen molar-refractivity contribution in [2.45, 2.75) is 64.6 Å². The molecule has 4 aliphatic rings. The largest absolute Gasteiger partial charge is 0.493 e. The van der Waals surface area contributed by atoms with E-state index in [0.717, 1.165) is 73.7 Å². The van der Waals surface area contributed by atoms with Crippen molar-refractivity contribution in [2.24, 2.45) is 17.8 Å². The minimum atomic E-state index is -1.13. The summed E-state index contributed by atoms with van der Waals surface area (Å²) in [6.07, 6.45) is 6.93. The van der Waals surface area contributed by atoms with Crippen molar-refractivity contribution in [3.63, 3.8) is 0 Å². The highest BCUT2D eigenvalue weighted by Crippen LogP contribution is 2.39. The van der Waals surface area contributed by atoms with Crippen LogP contribution >= 0.6 is 0 Å². The van der Waals surface area contributed by atoms with Gasteiger partial charge < -0.3 is 34.7 Å². The van der Waals surface area contributed by atoms with E-state index in [1.807, 2.05) is 48.2 Å². The summed E-state index contributed by atoms with van der Waals surface area (Å²) in [6.45, 7) is 7.89. The molecule has 14 heteroatoms. The molecule has 338 valence electrons. The summed E-state index contributed by atoms with van der Waals surface area (Å²) in [4.78, 5) is 44.9. The van der Waals surface area contributed by atoms with Crippen LogP contribution in [0.15, 0.2) is 78.9 Å². The number of piperidine rings is 3. The molecule has 0 aliphatic carbocycles. The van der Waals surface area contributed by atoms with Gasteiger partial charge in [-0.25, -0.2) is 0 Å². The van der Waals surface area contributed by atoms with Gasteiger partial charge in [-0.1, -0.05) is 24.3 Å². The van der Waals surface area contributed by atoms with Gasteiger partial charge in [-0.3, -0.25) is 28.8 Å². The third-order valence-electron chi connectivity index (χ3n) is 13.5. The molecule has 0 aromatic heterocycles. The number of imide groups is 1. The summed E-state index contributed by atoms with van der Waals surface area (Å²) in [7, 11) is 2.26. The van der Waals surface area contributed by atoms with Crippen molar-refractivity contribution in [3.8, 4) is 23.0 Å². The SMILES string of the molecule is CCOc1cc(C(CS(C)=O)N2Cc3ccc(N4CCC(C5CCN(Cc6ccc(Oc7ccc(C(=N)C8CCC(=O)NC8=O)c(NC)c7)cc6)CC5)CC4)cc3C2=O)ccc1OC. The zero-order chi connectivity index (χ0) is 44.9. The number of carbonyl (C=O) groups is 3. The lowest BCUT2D eigenvalue weighted by Gasteiger charge is -2.41. The Labute approximate surface area is 378 Å². The summed E-state index contributed by atoms with van der Waals surface area (Å²) in [6, 6.07) is 25.4. The number of fused-ring (bicyclic) bond motifs is 1. The molecule has 0 radical (unpaired) electrons. The van der Waals surface area contributed by atoms with Crippen LogP contribution in [0.1, 0.15) is 84.1 Å². The van der Waals surface area contributed by atoms with Crippen LogP contribution in [0.3, 0.4) is 0 Å². The molecule has 13 nitrogen and oxygen atoms in total. The molecule has 3 N–H and O–H groups in total. The number of nitrogens with zero attached hydrogens (tertiary/aromatic N) is 3. The van der Waals surface area contributed by atoms with Crippen molar-refractivity contribution < 1.29 is 32.8 Å². The third-order valence-corrected chi connectivity index (χ3v) is 14.3. The lowest BCUT2D eigenvalue weighted by Crippen LogP contribution is -2.44. The topological polar surface area (TPSA) is 154 Å². The number of likely N-dealkylation sites (tertiary alicyclic amines) is 1. The molecule has 4 aliphatic heterocycles. The Morgan fingerprint density at radius 2 is 1.59 bits per heavy atom. The first-order valence-corrected chi connectivity index (χ1v) is 24.3. The van der Waals surface area contributed by atoms with Gasteiger partial charge in [0.1, 0.15) is 11.5 Å². The first kappa shape index (κ1) is 44.9. The molecule has 3 fully saturated rings. The van der Waals surface area contributed by atoms with E-state index in [0.29, 0.717) is 65.7 Å². The van der Waals surface area contributed by atoms with Crippen molar-refractivity contribution in [1.29, 1.82) is 5.41 Å². The van der Waals surface area contributed by atoms with Crippen LogP contribution in [-0.4, -0.2) is 96.4 Å². The predicted octanol–water partition coefficient (Wildman–Crippen LogP) is 7.55. The van der Waals surface area contributed by atoms with Gasteiger partial charge in [0.15, 0.2) is 11.5 Å². The van der Waals surface area contributed by atoms with Crippen LogP contribution in [0.5, 0.6) is 23.0 Å². The Morgan fingerprint density at radius 1 is 0.875 bits per heavy atom. The number of anilines is 2. The molecule has 0 spiro atoms. The molecule has 4 heterocycles. The molecule has 4 aromatic rings. The summed E-state index contributed by atoms with van der Waals surface area (Å²) in [5, 5.41) is 14.2. The Hall–Kier alpha value is -5.73. The quantitative estimate of drug-likeness (QED) is 0.0760. The fraction of sp³-hybridized carbons (Fsp3) is 0.440. The number of nitrogens with one attached hydrogen (secondary N) is 3. The van der Waals surface area contributed by atoms with E-state index >= 15 is 0 Å². The van der Waals surface area contributed by atoms with Crippen LogP contribution in [0.2, 0.25) is 0 Å². The molecular formula is C50H60N6O7S. The maximum atomic E-state index is 14.1. The fourth-order valence-electron chi connectivity index (χ4n) is 9.97. The van der Waals surface area contributed by atoms with Gasteiger partial charge in [-0.2, -0.15) is 0 Å². The number of amides is 3.